The van der Waals surface area contributed by atoms with E-state index in [9.17, 15) is 0 Å². The second-order valence-electron chi connectivity index (χ2n) is 13.2. The molecule has 0 spiro atoms. The Morgan fingerprint density at radius 2 is 1.03 bits per heavy atom. The molecule has 2 heterocycles. The Bertz CT molecular complexity index is 983. The van der Waals surface area contributed by atoms with Gasteiger partial charge in [-0.05, 0) is 96.3 Å². The van der Waals surface area contributed by atoms with Gasteiger partial charge >= 0.3 is 0 Å². The predicted molar refractivity (Wildman–Crippen MR) is 131 cm³/mol. The molecule has 2 aromatic rings. The molecule has 170 valence electrons. The van der Waals surface area contributed by atoms with Crippen molar-refractivity contribution in [2.24, 2.45) is 33.5 Å². The molecule has 0 aliphatic heterocycles. The molecule has 4 saturated carbocycles. The van der Waals surface area contributed by atoms with Crippen LogP contribution in [0.1, 0.15) is 103 Å². The molecular formula is C30H40N2. The van der Waals surface area contributed by atoms with Gasteiger partial charge in [0, 0.05) is 23.2 Å². The fourth-order valence-electron chi connectivity index (χ4n) is 8.88. The number of fused-ring (bicyclic) bond motifs is 4. The van der Waals surface area contributed by atoms with Crippen LogP contribution >= 0.6 is 0 Å². The standard InChI is InChI=1S/C30H40N2/c1-27(2)19-13-15-29(27,5)21(17-19)23-9-7-11-25(31-23)26-12-8-10-24(32-26)22-18-20-14-16-30(22,6)28(20,3)4/h7-12,19-22H,13-18H2,1-6H3/t19?,20?,21-,22-,29?,30?/m1/s1. The van der Waals surface area contributed by atoms with Crippen LogP contribution < -0.4 is 0 Å². The zero-order valence-corrected chi connectivity index (χ0v) is 20.9. The highest BCUT2D eigenvalue weighted by Crippen LogP contribution is 2.71. The van der Waals surface area contributed by atoms with Gasteiger partial charge in [0.25, 0.3) is 0 Å². The molecule has 4 unspecified atom stereocenters. The molecule has 6 rings (SSSR count). The van der Waals surface area contributed by atoms with Crippen LogP contribution in [0, 0.1) is 33.5 Å². The number of pyridine rings is 2. The summed E-state index contributed by atoms with van der Waals surface area (Å²) in [5, 5.41) is 0. The topological polar surface area (TPSA) is 25.8 Å². The number of aromatic nitrogens is 2. The molecule has 0 amide bonds. The summed E-state index contributed by atoms with van der Waals surface area (Å²) in [5.74, 6) is 2.83. The monoisotopic (exact) mass is 428 g/mol. The van der Waals surface area contributed by atoms with Crippen LogP contribution in [0.5, 0.6) is 0 Å². The minimum Gasteiger partial charge on any atom is -0.251 e. The van der Waals surface area contributed by atoms with Crippen LogP contribution in [0.3, 0.4) is 0 Å². The molecule has 2 aromatic heterocycles. The average Bonchev–Trinajstić information content (AvgIpc) is 3.31. The molecule has 4 fully saturated rings. The van der Waals surface area contributed by atoms with Crippen molar-refractivity contribution in [1.82, 2.24) is 9.97 Å². The molecular weight excluding hydrogens is 388 g/mol. The molecule has 4 aliphatic rings. The van der Waals surface area contributed by atoms with E-state index in [0.717, 1.165) is 23.2 Å². The lowest BCUT2D eigenvalue weighted by Crippen LogP contribution is -2.31. The van der Waals surface area contributed by atoms with E-state index in [1.807, 2.05) is 0 Å². The second-order valence-corrected chi connectivity index (χ2v) is 13.2. The lowest BCUT2D eigenvalue weighted by atomic mass is 9.66. The first-order valence-electron chi connectivity index (χ1n) is 13.0. The summed E-state index contributed by atoms with van der Waals surface area (Å²) < 4.78 is 0. The van der Waals surface area contributed by atoms with Crippen LogP contribution in [0.25, 0.3) is 11.4 Å². The van der Waals surface area contributed by atoms with Crippen molar-refractivity contribution in [3.8, 4) is 11.4 Å². The highest BCUT2D eigenvalue weighted by Gasteiger charge is 2.62. The van der Waals surface area contributed by atoms with Gasteiger partial charge in [-0.25, -0.2) is 0 Å². The van der Waals surface area contributed by atoms with Crippen molar-refractivity contribution in [2.75, 3.05) is 0 Å². The Morgan fingerprint density at radius 3 is 1.34 bits per heavy atom. The van der Waals surface area contributed by atoms with Crippen LogP contribution in [-0.2, 0) is 0 Å². The quantitative estimate of drug-likeness (QED) is 0.495. The summed E-state index contributed by atoms with van der Waals surface area (Å²) in [6.07, 6.45) is 8.05. The molecule has 0 N–H and O–H groups in total. The Balaban J connectivity index is 1.34. The number of hydrogen-bond acceptors (Lipinski definition) is 2. The largest absolute Gasteiger partial charge is 0.251 e. The number of nitrogens with zero attached hydrogens (tertiary/aromatic N) is 2. The number of hydrogen-bond donors (Lipinski definition) is 0. The van der Waals surface area contributed by atoms with Crippen molar-refractivity contribution in [2.45, 2.75) is 91.9 Å². The van der Waals surface area contributed by atoms with Crippen LogP contribution in [0.4, 0.5) is 0 Å². The van der Waals surface area contributed by atoms with Crippen molar-refractivity contribution in [1.29, 1.82) is 0 Å². The Kier molecular flexibility index (Phi) is 4.21. The second kappa shape index (κ2) is 6.45. The van der Waals surface area contributed by atoms with E-state index >= 15 is 0 Å². The van der Waals surface area contributed by atoms with Crippen molar-refractivity contribution in [3.05, 3.63) is 47.8 Å². The van der Waals surface area contributed by atoms with E-state index < -0.39 is 0 Å². The van der Waals surface area contributed by atoms with E-state index in [4.69, 9.17) is 9.97 Å². The minimum absolute atomic E-state index is 0.363. The van der Waals surface area contributed by atoms with Crippen LogP contribution in [0.15, 0.2) is 36.4 Å². The maximum absolute atomic E-state index is 5.25. The molecule has 4 aliphatic carbocycles. The lowest BCUT2D eigenvalue weighted by molar-refractivity contribution is 0.133. The van der Waals surface area contributed by atoms with Crippen molar-refractivity contribution < 1.29 is 0 Å². The molecule has 0 radical (unpaired) electrons. The average molecular weight is 429 g/mol. The first kappa shape index (κ1) is 20.9. The Labute approximate surface area is 194 Å². The summed E-state index contributed by atoms with van der Waals surface area (Å²) in [4.78, 5) is 10.5. The summed E-state index contributed by atoms with van der Waals surface area (Å²) in [6, 6.07) is 13.3. The van der Waals surface area contributed by atoms with Crippen molar-refractivity contribution in [3.63, 3.8) is 0 Å². The zero-order valence-electron chi connectivity index (χ0n) is 20.9. The summed E-state index contributed by atoms with van der Waals surface area (Å²) in [6.45, 7) is 15.0. The molecule has 2 nitrogen and oxygen atoms in total. The molecule has 6 atom stereocenters. The summed E-state index contributed by atoms with van der Waals surface area (Å²) >= 11 is 0. The van der Waals surface area contributed by atoms with Gasteiger partial charge in [-0.2, -0.15) is 0 Å². The van der Waals surface area contributed by atoms with Gasteiger partial charge < -0.3 is 0 Å². The van der Waals surface area contributed by atoms with E-state index in [1.165, 1.54) is 49.9 Å². The van der Waals surface area contributed by atoms with Gasteiger partial charge in [0.2, 0.25) is 0 Å². The molecule has 2 heteroatoms. The molecule has 0 aromatic carbocycles. The fourth-order valence-corrected chi connectivity index (χ4v) is 8.88. The van der Waals surface area contributed by atoms with E-state index in [1.54, 1.807) is 0 Å². The first-order valence-corrected chi connectivity index (χ1v) is 13.0. The fraction of sp³-hybridized carbons (Fsp3) is 0.667. The van der Waals surface area contributed by atoms with Gasteiger partial charge in [-0.1, -0.05) is 53.7 Å². The zero-order chi connectivity index (χ0) is 22.5. The predicted octanol–water partition coefficient (Wildman–Crippen LogP) is 8.00. The van der Waals surface area contributed by atoms with E-state index in [2.05, 4.69) is 77.9 Å². The third kappa shape index (κ3) is 2.48. The van der Waals surface area contributed by atoms with Crippen molar-refractivity contribution >= 4 is 0 Å². The van der Waals surface area contributed by atoms with Gasteiger partial charge in [0.15, 0.2) is 0 Å². The maximum Gasteiger partial charge on any atom is 0.0889 e. The van der Waals surface area contributed by atoms with Crippen LogP contribution in [0.2, 0.25) is 0 Å². The third-order valence-corrected chi connectivity index (χ3v) is 12.1. The highest BCUT2D eigenvalue weighted by molar-refractivity contribution is 5.55. The van der Waals surface area contributed by atoms with Gasteiger partial charge in [0.1, 0.15) is 0 Å². The highest BCUT2D eigenvalue weighted by atomic mass is 14.8. The van der Waals surface area contributed by atoms with E-state index in [0.29, 0.717) is 33.5 Å². The Morgan fingerprint density at radius 1 is 0.625 bits per heavy atom. The minimum atomic E-state index is 0.363. The molecule has 0 saturated heterocycles. The van der Waals surface area contributed by atoms with E-state index in [-0.39, 0.29) is 0 Å². The van der Waals surface area contributed by atoms with Gasteiger partial charge in [-0.15, -0.1) is 0 Å². The third-order valence-electron chi connectivity index (χ3n) is 12.1. The number of rotatable bonds is 3. The summed E-state index contributed by atoms with van der Waals surface area (Å²) in [7, 11) is 0. The van der Waals surface area contributed by atoms with Crippen LogP contribution in [-0.4, -0.2) is 9.97 Å². The van der Waals surface area contributed by atoms with Gasteiger partial charge in [0.05, 0.1) is 11.4 Å². The smallest absolute Gasteiger partial charge is 0.0889 e. The summed E-state index contributed by atoms with van der Waals surface area (Å²) in [5.41, 5.74) is 6.25. The maximum atomic E-state index is 5.25. The SMILES string of the molecule is CC1(C)C2CCC1(C)[C@@H](c1cccc(-c3cccc([C@H]4CC5CCC4(C)C5(C)C)n3)n1)C2. The van der Waals surface area contributed by atoms with Gasteiger partial charge in [-0.3, -0.25) is 9.97 Å². The molecule has 32 heavy (non-hydrogen) atoms. The molecule has 4 bridgehead atoms. The Hall–Kier alpha value is -1.70. The normalized spacial score (nSPS) is 40.8. The lowest BCUT2D eigenvalue weighted by Gasteiger charge is -2.39. The first-order chi connectivity index (χ1) is 15.1.